The summed E-state index contributed by atoms with van der Waals surface area (Å²) in [5.74, 6) is 0.710. The van der Waals surface area contributed by atoms with Gasteiger partial charge >= 0.3 is 0 Å². The van der Waals surface area contributed by atoms with Gasteiger partial charge in [-0.1, -0.05) is 36.4 Å². The molecule has 2 saturated heterocycles. The lowest BCUT2D eigenvalue weighted by Crippen LogP contribution is -2.36. The molecule has 4 aliphatic rings. The van der Waals surface area contributed by atoms with Crippen LogP contribution in [0.4, 0.5) is 11.4 Å². The fourth-order valence-electron chi connectivity index (χ4n) is 9.14. The number of carbonyl (C=O) groups is 1. The number of fused-ring (bicyclic) bond motifs is 1. The zero-order valence-corrected chi connectivity index (χ0v) is 34.3. The van der Waals surface area contributed by atoms with Gasteiger partial charge in [0.2, 0.25) is 0 Å². The van der Waals surface area contributed by atoms with Crippen LogP contribution in [-0.4, -0.2) is 66.5 Å². The van der Waals surface area contributed by atoms with Gasteiger partial charge in [0.15, 0.2) is 0 Å². The summed E-state index contributed by atoms with van der Waals surface area (Å²) in [6, 6.07) is 22.3. The van der Waals surface area contributed by atoms with Crippen molar-refractivity contribution < 1.29 is 27.6 Å². The summed E-state index contributed by atoms with van der Waals surface area (Å²) in [6.45, 7) is 2.84. The van der Waals surface area contributed by atoms with Crippen LogP contribution in [-0.2, 0) is 21.2 Å². The van der Waals surface area contributed by atoms with Gasteiger partial charge in [-0.2, -0.15) is 0 Å². The number of amides is 1. The molecule has 2 aromatic heterocycles. The molecule has 2 atom stereocenters. The second-order valence-electron chi connectivity index (χ2n) is 16.6. The molecule has 2 aliphatic carbocycles. The van der Waals surface area contributed by atoms with Gasteiger partial charge in [0.1, 0.15) is 22.8 Å². The third kappa shape index (κ3) is 8.81. The van der Waals surface area contributed by atoms with E-state index in [9.17, 15) is 23.3 Å². The Hall–Kier alpha value is -5.57. The van der Waals surface area contributed by atoms with Crippen LogP contribution in [0.5, 0.6) is 11.5 Å². The average molecular weight is 831 g/mol. The number of sulfonamides is 1. The summed E-state index contributed by atoms with van der Waals surface area (Å²) in [5.41, 5.74) is 5.48. The molecular formula is C46H50N6O7S. The van der Waals surface area contributed by atoms with Crippen molar-refractivity contribution in [1.29, 1.82) is 0 Å². The summed E-state index contributed by atoms with van der Waals surface area (Å²) >= 11 is 0. The Morgan fingerprint density at radius 2 is 1.83 bits per heavy atom. The zero-order chi connectivity index (χ0) is 41.2. The van der Waals surface area contributed by atoms with Crippen molar-refractivity contribution in [2.45, 2.75) is 81.2 Å². The Bertz CT molecular complexity index is 2550. The highest BCUT2D eigenvalue weighted by Gasteiger charge is 2.35. The number of nitrogens with zero attached hydrogens (tertiary/aromatic N) is 3. The van der Waals surface area contributed by atoms with Crippen molar-refractivity contribution in [3.63, 3.8) is 0 Å². The largest absolute Gasteiger partial charge is 0.455 e. The number of H-pyrrole nitrogens is 1. The molecule has 1 saturated carbocycles. The van der Waals surface area contributed by atoms with Crippen molar-refractivity contribution in [2.24, 2.45) is 11.8 Å². The van der Waals surface area contributed by atoms with Crippen molar-refractivity contribution >= 4 is 43.9 Å². The molecule has 5 aromatic rings. The summed E-state index contributed by atoms with van der Waals surface area (Å²) in [6.07, 6.45) is 16.2. The topological polar surface area (TPSA) is 169 Å². The lowest BCUT2D eigenvalue weighted by atomic mass is 9.88. The second kappa shape index (κ2) is 17.2. The van der Waals surface area contributed by atoms with Crippen LogP contribution in [0.2, 0.25) is 0 Å². The molecule has 2 unspecified atom stereocenters. The average Bonchev–Trinajstić information content (AvgIpc) is 3.72. The molecule has 312 valence electrons. The van der Waals surface area contributed by atoms with Gasteiger partial charge in [0, 0.05) is 49.5 Å². The second-order valence-corrected chi connectivity index (χ2v) is 18.3. The van der Waals surface area contributed by atoms with Crippen LogP contribution in [0.1, 0.15) is 90.9 Å². The highest BCUT2D eigenvalue weighted by Crippen LogP contribution is 2.42. The molecule has 13 nitrogen and oxygen atoms in total. The standard InChI is InChI=1S/C46H50N6O7S/c53-46(50-60(56,57)38-14-16-41(43(27-38)52(54)55)48-28-31-18-22-58-23-19-31)40-15-11-33(26-44(40)59-37-25-35-17-20-47-45(35)49-29-37)32-9-12-36(13-10-32)51-21-3-6-42(51)39-5-2-1-4-34(39)24-30-7-8-30/h1-2,4-5,9,11,14-17,20,25-27,29-31,36,42,48H,3,6-8,10,12-13,18-19,21-24,28H2,(H,47,49)(H,50,53). The lowest BCUT2D eigenvalue weighted by molar-refractivity contribution is -0.384. The van der Waals surface area contributed by atoms with E-state index in [-0.39, 0.29) is 22.9 Å². The van der Waals surface area contributed by atoms with Gasteiger partial charge in [-0.25, -0.2) is 18.1 Å². The van der Waals surface area contributed by atoms with Gasteiger partial charge in [0.05, 0.1) is 21.6 Å². The minimum absolute atomic E-state index is 0.0141. The SMILES string of the molecule is O=C(NS(=O)(=O)c1ccc(NCC2CCOCC2)c([N+](=O)[O-])c1)c1ccc(C2=CCC(N3CCCC3c3ccccc3CC3CC3)CC2)cc1Oc1cnc2[nH]ccc2c1. The number of aromatic nitrogens is 2. The minimum atomic E-state index is -4.54. The van der Waals surface area contributed by atoms with Gasteiger partial charge < -0.3 is 19.8 Å². The smallest absolute Gasteiger partial charge is 0.293 e. The number of pyridine rings is 1. The lowest BCUT2D eigenvalue weighted by Gasteiger charge is -2.36. The highest BCUT2D eigenvalue weighted by molar-refractivity contribution is 7.90. The first-order valence-corrected chi connectivity index (χ1v) is 22.6. The highest BCUT2D eigenvalue weighted by atomic mass is 32.2. The van der Waals surface area contributed by atoms with Crippen LogP contribution < -0.4 is 14.8 Å². The normalized spacial score (nSPS) is 20.2. The van der Waals surface area contributed by atoms with Crippen LogP contribution in [0.15, 0.2) is 96.2 Å². The van der Waals surface area contributed by atoms with E-state index in [1.807, 2.05) is 12.1 Å². The maximum atomic E-state index is 13.9. The number of nitro benzene ring substituents is 1. The summed E-state index contributed by atoms with van der Waals surface area (Å²) in [4.78, 5) is 35.2. The van der Waals surface area contributed by atoms with E-state index < -0.39 is 31.4 Å². The molecule has 14 heteroatoms. The third-order valence-corrected chi connectivity index (χ3v) is 13.9. The van der Waals surface area contributed by atoms with E-state index >= 15 is 0 Å². The van der Waals surface area contributed by atoms with E-state index in [0.29, 0.717) is 43.2 Å². The molecule has 9 rings (SSSR count). The molecule has 3 aromatic carbocycles. The van der Waals surface area contributed by atoms with Gasteiger partial charge in [0.25, 0.3) is 21.6 Å². The van der Waals surface area contributed by atoms with Crippen LogP contribution in [0.25, 0.3) is 16.6 Å². The number of nitro groups is 1. The first kappa shape index (κ1) is 39.9. The number of allylic oxidation sites excluding steroid dienone is 1. The Morgan fingerprint density at radius 3 is 2.63 bits per heavy atom. The molecule has 3 fully saturated rings. The van der Waals surface area contributed by atoms with Crippen LogP contribution in [0.3, 0.4) is 0 Å². The first-order valence-electron chi connectivity index (χ1n) is 21.1. The molecule has 3 N–H and O–H groups in total. The Balaban J connectivity index is 0.949. The van der Waals surface area contributed by atoms with Crippen molar-refractivity contribution in [2.75, 3.05) is 31.6 Å². The molecule has 4 heterocycles. The van der Waals surface area contributed by atoms with Crippen LogP contribution >= 0.6 is 0 Å². The monoisotopic (exact) mass is 830 g/mol. The number of likely N-dealkylation sites (tertiary alicyclic amines) is 1. The molecule has 0 spiro atoms. The molecule has 2 aliphatic heterocycles. The number of nitrogens with one attached hydrogen (secondary N) is 3. The van der Waals surface area contributed by atoms with E-state index in [4.69, 9.17) is 9.47 Å². The third-order valence-electron chi connectivity index (χ3n) is 12.6. The van der Waals surface area contributed by atoms with Crippen molar-refractivity contribution in [3.8, 4) is 11.5 Å². The summed E-state index contributed by atoms with van der Waals surface area (Å²) in [7, 11) is -4.54. The number of hydrogen-bond donors (Lipinski definition) is 3. The molecule has 1 amide bonds. The summed E-state index contributed by atoms with van der Waals surface area (Å²) < 4.78 is 41.2. The quantitative estimate of drug-likeness (QED) is 0.0726. The number of ether oxygens (including phenoxy) is 2. The van der Waals surface area contributed by atoms with Crippen molar-refractivity contribution in [3.05, 3.63) is 124 Å². The maximum Gasteiger partial charge on any atom is 0.293 e. The minimum Gasteiger partial charge on any atom is -0.455 e. The van der Waals surface area contributed by atoms with Crippen molar-refractivity contribution in [1.82, 2.24) is 19.6 Å². The number of hydrogen-bond acceptors (Lipinski definition) is 10. The summed E-state index contributed by atoms with van der Waals surface area (Å²) in [5, 5.41) is 16.0. The van der Waals surface area contributed by atoms with Gasteiger partial charge in [-0.05, 0) is 141 Å². The Labute approximate surface area is 349 Å². The molecule has 0 radical (unpaired) electrons. The fourth-order valence-corrected chi connectivity index (χ4v) is 10.1. The zero-order valence-electron chi connectivity index (χ0n) is 33.5. The maximum absolute atomic E-state index is 13.9. The Morgan fingerprint density at radius 1 is 0.983 bits per heavy atom. The first-order chi connectivity index (χ1) is 29.2. The van der Waals surface area contributed by atoms with E-state index in [2.05, 4.69) is 55.2 Å². The number of aromatic amines is 1. The van der Waals surface area contributed by atoms with E-state index in [1.54, 1.807) is 30.6 Å². The Kier molecular flexibility index (Phi) is 11.4. The fraction of sp³-hybridized carbons (Fsp3) is 0.391. The van der Waals surface area contributed by atoms with E-state index in [0.717, 1.165) is 67.2 Å². The number of anilines is 1. The molecular weight excluding hydrogens is 781 g/mol. The number of carbonyl (C=O) groups excluding carboxylic acids is 1. The molecule has 60 heavy (non-hydrogen) atoms. The van der Waals surface area contributed by atoms with Gasteiger partial charge in [-0.3, -0.25) is 19.8 Å². The number of rotatable bonds is 14. The number of benzene rings is 3. The van der Waals surface area contributed by atoms with E-state index in [1.165, 1.54) is 55.4 Å². The predicted octanol–water partition coefficient (Wildman–Crippen LogP) is 8.95. The molecule has 0 bridgehead atoms. The van der Waals surface area contributed by atoms with Crippen LogP contribution in [0, 0.1) is 22.0 Å². The predicted molar refractivity (Wildman–Crippen MR) is 230 cm³/mol. The van der Waals surface area contributed by atoms with Gasteiger partial charge in [-0.15, -0.1) is 0 Å².